The first-order valence-corrected chi connectivity index (χ1v) is 5.95. The number of hydrogen-bond acceptors (Lipinski definition) is 0. The zero-order valence-corrected chi connectivity index (χ0v) is 10.3. The van der Waals surface area contributed by atoms with Crippen LogP contribution in [-0.4, -0.2) is 0 Å². The van der Waals surface area contributed by atoms with Crippen LogP contribution in [0.3, 0.4) is 0 Å². The Kier molecular flexibility index (Phi) is 6.45. The highest BCUT2D eigenvalue weighted by Gasteiger charge is 2.09. The predicted molar refractivity (Wildman–Crippen MR) is 62.0 cm³/mol. The minimum Gasteiger partial charge on any atom is -0.0654 e. The average molecular weight is 184 g/mol. The van der Waals surface area contributed by atoms with Gasteiger partial charge in [-0.05, 0) is 17.8 Å². The first kappa shape index (κ1) is 13.0. The maximum absolute atomic E-state index is 2.39. The van der Waals surface area contributed by atoms with Crippen molar-refractivity contribution >= 4 is 0 Å². The van der Waals surface area contributed by atoms with Crippen LogP contribution in [0, 0.1) is 11.3 Å². The molecule has 0 aromatic carbocycles. The predicted octanol–water partition coefficient (Wildman–Crippen LogP) is 5.03. The lowest BCUT2D eigenvalue weighted by Gasteiger charge is -2.18. The van der Waals surface area contributed by atoms with Gasteiger partial charge >= 0.3 is 0 Å². The lowest BCUT2D eigenvalue weighted by molar-refractivity contribution is 0.346. The van der Waals surface area contributed by atoms with Gasteiger partial charge in [0.2, 0.25) is 0 Å². The van der Waals surface area contributed by atoms with Gasteiger partial charge in [-0.15, -0.1) is 0 Å². The Labute approximate surface area is 85.1 Å². The van der Waals surface area contributed by atoms with Crippen LogP contribution in [0.2, 0.25) is 0 Å². The summed E-state index contributed by atoms with van der Waals surface area (Å²) in [4.78, 5) is 0. The highest BCUT2D eigenvalue weighted by molar-refractivity contribution is 4.62. The van der Waals surface area contributed by atoms with E-state index < -0.39 is 0 Å². The monoisotopic (exact) mass is 184 g/mol. The largest absolute Gasteiger partial charge is 0.0654 e. The molecule has 0 spiro atoms. The summed E-state index contributed by atoms with van der Waals surface area (Å²) in [6.45, 7) is 11.7. The van der Waals surface area contributed by atoms with Gasteiger partial charge in [-0.1, -0.05) is 66.7 Å². The maximum atomic E-state index is 2.39. The van der Waals surface area contributed by atoms with E-state index in [1.54, 1.807) is 0 Å². The van der Waals surface area contributed by atoms with Gasteiger partial charge < -0.3 is 0 Å². The zero-order chi connectivity index (χ0) is 10.3. The molecule has 80 valence electrons. The lowest BCUT2D eigenvalue weighted by atomic mass is 9.88. The molecule has 0 fully saturated rings. The van der Waals surface area contributed by atoms with Gasteiger partial charge in [0, 0.05) is 0 Å². The van der Waals surface area contributed by atoms with Crippen molar-refractivity contribution in [2.75, 3.05) is 0 Å². The van der Waals surface area contributed by atoms with Crippen molar-refractivity contribution in [3.8, 4) is 0 Å². The molecule has 0 saturated heterocycles. The van der Waals surface area contributed by atoms with Crippen molar-refractivity contribution in [1.29, 1.82) is 0 Å². The van der Waals surface area contributed by atoms with Crippen molar-refractivity contribution in [3.05, 3.63) is 0 Å². The average Bonchev–Trinajstić information content (AvgIpc) is 1.97. The third kappa shape index (κ3) is 9.92. The van der Waals surface area contributed by atoms with Crippen molar-refractivity contribution in [3.63, 3.8) is 0 Å². The quantitative estimate of drug-likeness (QED) is 0.508. The third-order valence-corrected chi connectivity index (χ3v) is 2.66. The van der Waals surface area contributed by atoms with E-state index >= 15 is 0 Å². The van der Waals surface area contributed by atoms with Crippen LogP contribution in [0.1, 0.15) is 73.1 Å². The van der Waals surface area contributed by atoms with Crippen molar-refractivity contribution in [2.45, 2.75) is 73.1 Å². The van der Waals surface area contributed by atoms with E-state index in [-0.39, 0.29) is 0 Å². The third-order valence-electron chi connectivity index (χ3n) is 2.66. The molecule has 0 rings (SSSR count). The Morgan fingerprint density at radius 2 is 1.62 bits per heavy atom. The standard InChI is InChI=1S/C13H28/c1-6-9-12(2)10-7-8-11-13(3,4)5/h12H,6-11H2,1-5H3. The zero-order valence-electron chi connectivity index (χ0n) is 10.3. The molecule has 0 heterocycles. The molecule has 1 atom stereocenters. The SMILES string of the molecule is CCCC(C)CCCCC(C)(C)C. The van der Waals surface area contributed by atoms with Gasteiger partial charge in [0.25, 0.3) is 0 Å². The van der Waals surface area contributed by atoms with Gasteiger partial charge in [0.05, 0.1) is 0 Å². The number of unbranched alkanes of at least 4 members (excludes halogenated alkanes) is 1. The first-order chi connectivity index (χ1) is 5.95. The molecule has 0 heteroatoms. The van der Waals surface area contributed by atoms with Crippen molar-refractivity contribution in [1.82, 2.24) is 0 Å². The second-order valence-electron chi connectivity index (χ2n) is 5.70. The molecule has 1 unspecified atom stereocenters. The second kappa shape index (κ2) is 6.45. The summed E-state index contributed by atoms with van der Waals surface area (Å²) in [6, 6.07) is 0. The molecule has 0 bridgehead atoms. The van der Waals surface area contributed by atoms with Crippen LogP contribution >= 0.6 is 0 Å². The van der Waals surface area contributed by atoms with E-state index in [1.807, 2.05) is 0 Å². The van der Waals surface area contributed by atoms with E-state index in [1.165, 1.54) is 38.5 Å². The van der Waals surface area contributed by atoms with E-state index in [0.717, 1.165) is 5.92 Å². The first-order valence-electron chi connectivity index (χ1n) is 5.95. The van der Waals surface area contributed by atoms with Gasteiger partial charge in [-0.3, -0.25) is 0 Å². The number of hydrogen-bond donors (Lipinski definition) is 0. The molecule has 0 aliphatic carbocycles. The Morgan fingerprint density at radius 3 is 2.08 bits per heavy atom. The molecule has 0 aromatic rings. The van der Waals surface area contributed by atoms with Crippen LogP contribution in [0.5, 0.6) is 0 Å². The molecule has 0 radical (unpaired) electrons. The van der Waals surface area contributed by atoms with Gasteiger partial charge in [-0.2, -0.15) is 0 Å². The van der Waals surface area contributed by atoms with Gasteiger partial charge in [0.1, 0.15) is 0 Å². The Balaban J connectivity index is 3.25. The smallest absolute Gasteiger partial charge is 0.0383 e. The molecule has 0 N–H and O–H groups in total. The van der Waals surface area contributed by atoms with Crippen LogP contribution in [0.25, 0.3) is 0 Å². The van der Waals surface area contributed by atoms with Gasteiger partial charge in [0.15, 0.2) is 0 Å². The summed E-state index contributed by atoms with van der Waals surface area (Å²) in [7, 11) is 0. The molecular formula is C13H28. The Hall–Kier alpha value is 0. The summed E-state index contributed by atoms with van der Waals surface area (Å²) in [5.74, 6) is 0.949. The van der Waals surface area contributed by atoms with Crippen LogP contribution < -0.4 is 0 Å². The maximum Gasteiger partial charge on any atom is -0.0383 e. The van der Waals surface area contributed by atoms with E-state index in [9.17, 15) is 0 Å². The molecule has 13 heavy (non-hydrogen) atoms. The topological polar surface area (TPSA) is 0 Å². The minimum absolute atomic E-state index is 0.536. The summed E-state index contributed by atoms with van der Waals surface area (Å²) in [5, 5.41) is 0. The Morgan fingerprint density at radius 1 is 1.00 bits per heavy atom. The van der Waals surface area contributed by atoms with Crippen LogP contribution in [-0.2, 0) is 0 Å². The normalized spacial score (nSPS) is 14.5. The molecule has 0 aliphatic rings. The van der Waals surface area contributed by atoms with Crippen LogP contribution in [0.15, 0.2) is 0 Å². The molecule has 0 saturated carbocycles. The molecular weight excluding hydrogens is 156 g/mol. The number of rotatable bonds is 6. The van der Waals surface area contributed by atoms with E-state index in [2.05, 4.69) is 34.6 Å². The summed E-state index contributed by atoms with van der Waals surface area (Å²) < 4.78 is 0. The van der Waals surface area contributed by atoms with Crippen molar-refractivity contribution in [2.24, 2.45) is 11.3 Å². The minimum atomic E-state index is 0.536. The Bertz CT molecular complexity index is 108. The van der Waals surface area contributed by atoms with Crippen molar-refractivity contribution < 1.29 is 0 Å². The van der Waals surface area contributed by atoms with E-state index in [0.29, 0.717) is 5.41 Å². The lowest BCUT2D eigenvalue weighted by Crippen LogP contribution is -2.04. The second-order valence-corrected chi connectivity index (χ2v) is 5.70. The highest BCUT2D eigenvalue weighted by Crippen LogP contribution is 2.23. The summed E-state index contributed by atoms with van der Waals surface area (Å²) >= 11 is 0. The molecule has 0 aromatic heterocycles. The highest BCUT2D eigenvalue weighted by atomic mass is 14.1. The fourth-order valence-corrected chi connectivity index (χ4v) is 1.79. The fourth-order valence-electron chi connectivity index (χ4n) is 1.79. The molecule has 0 nitrogen and oxygen atoms in total. The summed E-state index contributed by atoms with van der Waals surface area (Å²) in [5.41, 5.74) is 0.536. The molecule has 0 amide bonds. The summed E-state index contributed by atoms with van der Waals surface area (Å²) in [6.07, 6.45) is 8.42. The van der Waals surface area contributed by atoms with E-state index in [4.69, 9.17) is 0 Å². The van der Waals surface area contributed by atoms with Crippen LogP contribution in [0.4, 0.5) is 0 Å². The van der Waals surface area contributed by atoms with Gasteiger partial charge in [-0.25, -0.2) is 0 Å². The fraction of sp³-hybridized carbons (Fsp3) is 1.00. The molecule has 0 aliphatic heterocycles.